The van der Waals surface area contributed by atoms with Gasteiger partial charge < -0.3 is 9.30 Å². The maximum atomic E-state index is 11.3. The van der Waals surface area contributed by atoms with Crippen LogP contribution in [0.1, 0.15) is 29.7 Å². The van der Waals surface area contributed by atoms with Gasteiger partial charge >= 0.3 is 5.97 Å². The molecule has 0 amide bonds. The minimum absolute atomic E-state index is 0.120. The summed E-state index contributed by atoms with van der Waals surface area (Å²) in [6.45, 7) is 1.55. The molecule has 0 fully saturated rings. The standard InChI is InChI=1S/C12H16N2O3S/c1-9(15)18-7-5-4-6-10-8-14(2)11(13-10)12(16)17-3/h4,6,8H,5,7H2,1-3H3. The van der Waals surface area contributed by atoms with Crippen molar-refractivity contribution in [3.05, 3.63) is 23.8 Å². The van der Waals surface area contributed by atoms with Crippen LogP contribution in [0.25, 0.3) is 6.08 Å². The van der Waals surface area contributed by atoms with Gasteiger partial charge in [-0.3, -0.25) is 4.79 Å². The first-order valence-electron chi connectivity index (χ1n) is 5.46. The van der Waals surface area contributed by atoms with Crippen molar-refractivity contribution in [2.45, 2.75) is 13.3 Å². The second-order valence-electron chi connectivity index (χ2n) is 3.62. The van der Waals surface area contributed by atoms with E-state index >= 15 is 0 Å². The molecule has 18 heavy (non-hydrogen) atoms. The van der Waals surface area contributed by atoms with E-state index < -0.39 is 5.97 Å². The third kappa shape index (κ3) is 4.37. The van der Waals surface area contributed by atoms with E-state index in [2.05, 4.69) is 9.72 Å². The molecule has 6 heteroatoms. The number of esters is 1. The van der Waals surface area contributed by atoms with Crippen molar-refractivity contribution in [3.8, 4) is 0 Å². The van der Waals surface area contributed by atoms with Gasteiger partial charge in [0.25, 0.3) is 0 Å². The van der Waals surface area contributed by atoms with Crippen LogP contribution in [0, 0.1) is 0 Å². The van der Waals surface area contributed by atoms with Crippen molar-refractivity contribution >= 4 is 28.9 Å². The number of ether oxygens (including phenoxy) is 1. The Morgan fingerprint density at radius 3 is 2.89 bits per heavy atom. The number of rotatable bonds is 5. The minimum Gasteiger partial charge on any atom is -0.463 e. The van der Waals surface area contributed by atoms with Crippen LogP contribution in [-0.2, 0) is 16.6 Å². The fourth-order valence-corrected chi connectivity index (χ4v) is 1.87. The summed E-state index contributed by atoms with van der Waals surface area (Å²) < 4.78 is 6.23. The van der Waals surface area contributed by atoms with Gasteiger partial charge in [-0.2, -0.15) is 0 Å². The molecule has 1 aromatic heterocycles. The molecule has 0 saturated heterocycles. The molecule has 1 heterocycles. The second-order valence-corrected chi connectivity index (χ2v) is 4.89. The molecule has 1 aromatic rings. The summed E-state index contributed by atoms with van der Waals surface area (Å²) in [5.41, 5.74) is 0.700. The summed E-state index contributed by atoms with van der Waals surface area (Å²) in [4.78, 5) is 26.2. The monoisotopic (exact) mass is 268 g/mol. The first-order chi connectivity index (χ1) is 8.54. The number of carbonyl (C=O) groups excluding carboxylic acids is 2. The molecule has 98 valence electrons. The average Bonchev–Trinajstić information content (AvgIpc) is 2.69. The lowest BCUT2D eigenvalue weighted by molar-refractivity contribution is -0.109. The Morgan fingerprint density at radius 1 is 1.56 bits per heavy atom. The molecule has 0 bridgehead atoms. The molecule has 0 radical (unpaired) electrons. The number of allylic oxidation sites excluding steroid dienone is 1. The number of imidazole rings is 1. The van der Waals surface area contributed by atoms with E-state index in [0.29, 0.717) is 5.69 Å². The highest BCUT2D eigenvalue weighted by Gasteiger charge is 2.12. The van der Waals surface area contributed by atoms with E-state index in [9.17, 15) is 9.59 Å². The third-order valence-corrected chi connectivity index (χ3v) is 2.99. The smallest absolute Gasteiger partial charge is 0.374 e. The lowest BCUT2D eigenvalue weighted by atomic mass is 10.3. The van der Waals surface area contributed by atoms with Gasteiger partial charge in [0, 0.05) is 25.9 Å². The highest BCUT2D eigenvalue weighted by Crippen LogP contribution is 2.08. The van der Waals surface area contributed by atoms with E-state index in [-0.39, 0.29) is 10.9 Å². The first-order valence-corrected chi connectivity index (χ1v) is 6.44. The van der Waals surface area contributed by atoms with E-state index in [0.717, 1.165) is 12.2 Å². The summed E-state index contributed by atoms with van der Waals surface area (Å²) in [6.07, 6.45) is 6.29. The molecular weight excluding hydrogens is 252 g/mol. The Kier molecular flexibility index (Phi) is 5.64. The predicted octanol–water partition coefficient (Wildman–Crippen LogP) is 1.89. The van der Waals surface area contributed by atoms with Crippen LogP contribution in [0.5, 0.6) is 0 Å². The van der Waals surface area contributed by atoms with E-state index in [1.54, 1.807) is 24.7 Å². The molecule has 0 unspecified atom stereocenters. The van der Waals surface area contributed by atoms with Crippen LogP contribution in [0.3, 0.4) is 0 Å². The molecule has 0 aliphatic heterocycles. The Labute approximate surface area is 110 Å². The minimum atomic E-state index is -0.454. The number of methoxy groups -OCH3 is 1. The van der Waals surface area contributed by atoms with Crippen LogP contribution in [0.2, 0.25) is 0 Å². The lowest BCUT2D eigenvalue weighted by Gasteiger charge is -1.96. The highest BCUT2D eigenvalue weighted by molar-refractivity contribution is 8.13. The normalized spacial score (nSPS) is 10.8. The third-order valence-electron chi connectivity index (χ3n) is 2.14. The largest absolute Gasteiger partial charge is 0.463 e. The Bertz CT molecular complexity index is 466. The first kappa shape index (κ1) is 14.5. The average molecular weight is 268 g/mol. The van der Waals surface area contributed by atoms with Gasteiger partial charge in [-0.05, 0) is 12.5 Å². The van der Waals surface area contributed by atoms with Gasteiger partial charge in [-0.1, -0.05) is 17.8 Å². The number of aromatic nitrogens is 2. The van der Waals surface area contributed by atoms with Crippen LogP contribution >= 0.6 is 11.8 Å². The van der Waals surface area contributed by atoms with Crippen molar-refractivity contribution in [2.75, 3.05) is 12.9 Å². The number of carbonyl (C=O) groups is 2. The molecule has 5 nitrogen and oxygen atoms in total. The summed E-state index contributed by atoms with van der Waals surface area (Å²) in [6, 6.07) is 0. The zero-order chi connectivity index (χ0) is 13.5. The number of hydrogen-bond donors (Lipinski definition) is 0. The van der Waals surface area contributed by atoms with E-state index in [4.69, 9.17) is 0 Å². The molecule has 0 aliphatic rings. The Balaban J connectivity index is 2.55. The zero-order valence-corrected chi connectivity index (χ0v) is 11.5. The van der Waals surface area contributed by atoms with Gasteiger partial charge in [0.1, 0.15) is 0 Å². The zero-order valence-electron chi connectivity index (χ0n) is 10.7. The SMILES string of the molecule is COC(=O)c1nc(C=CCCSC(C)=O)cn1C. The topological polar surface area (TPSA) is 61.2 Å². The van der Waals surface area contributed by atoms with Crippen LogP contribution < -0.4 is 0 Å². The van der Waals surface area contributed by atoms with Crippen molar-refractivity contribution in [1.82, 2.24) is 9.55 Å². The predicted molar refractivity (Wildman–Crippen MR) is 71.3 cm³/mol. The molecular formula is C12H16N2O3S. The maximum Gasteiger partial charge on any atom is 0.374 e. The van der Waals surface area contributed by atoms with E-state index in [1.807, 2.05) is 12.2 Å². The molecule has 0 aromatic carbocycles. The number of thioether (sulfide) groups is 1. The van der Waals surface area contributed by atoms with Crippen molar-refractivity contribution in [2.24, 2.45) is 7.05 Å². The molecule has 0 saturated carbocycles. The van der Waals surface area contributed by atoms with Gasteiger partial charge in [0.2, 0.25) is 5.82 Å². The molecule has 0 aliphatic carbocycles. The maximum absolute atomic E-state index is 11.3. The van der Waals surface area contributed by atoms with Gasteiger partial charge in [0.05, 0.1) is 12.8 Å². The lowest BCUT2D eigenvalue weighted by Crippen LogP contribution is -2.08. The molecule has 0 atom stereocenters. The molecule has 1 rings (SSSR count). The second kappa shape index (κ2) is 7.00. The van der Waals surface area contributed by atoms with Gasteiger partial charge in [-0.25, -0.2) is 9.78 Å². The number of aryl methyl sites for hydroxylation is 1. The highest BCUT2D eigenvalue weighted by atomic mass is 32.2. The van der Waals surface area contributed by atoms with Crippen molar-refractivity contribution in [3.63, 3.8) is 0 Å². The van der Waals surface area contributed by atoms with Crippen LogP contribution in [0.4, 0.5) is 0 Å². The van der Waals surface area contributed by atoms with Gasteiger partial charge in [0.15, 0.2) is 5.12 Å². The van der Waals surface area contributed by atoms with Crippen molar-refractivity contribution < 1.29 is 14.3 Å². The molecule has 0 N–H and O–H groups in total. The summed E-state index contributed by atoms with van der Waals surface area (Å²) in [5.74, 6) is 0.572. The van der Waals surface area contributed by atoms with Gasteiger partial charge in [-0.15, -0.1) is 0 Å². The number of nitrogens with zero attached hydrogens (tertiary/aromatic N) is 2. The van der Waals surface area contributed by atoms with Crippen LogP contribution in [-0.4, -0.2) is 33.5 Å². The number of hydrogen-bond acceptors (Lipinski definition) is 5. The summed E-state index contributed by atoms with van der Waals surface area (Å²) in [7, 11) is 3.06. The summed E-state index contributed by atoms with van der Waals surface area (Å²) >= 11 is 1.29. The van der Waals surface area contributed by atoms with E-state index in [1.165, 1.54) is 18.9 Å². The Morgan fingerprint density at radius 2 is 2.28 bits per heavy atom. The quantitative estimate of drug-likeness (QED) is 0.603. The summed E-state index contributed by atoms with van der Waals surface area (Å²) in [5, 5.41) is 0.120. The Hall–Kier alpha value is -1.56. The molecule has 0 spiro atoms. The van der Waals surface area contributed by atoms with Crippen LogP contribution in [0.15, 0.2) is 12.3 Å². The fraction of sp³-hybridized carbons (Fsp3) is 0.417. The fourth-order valence-electron chi connectivity index (χ4n) is 1.33. The van der Waals surface area contributed by atoms with Crippen molar-refractivity contribution in [1.29, 1.82) is 0 Å².